The van der Waals surface area contributed by atoms with Crippen LogP contribution in [0, 0.1) is 0 Å². The fraction of sp³-hybridized carbons (Fsp3) is 0.548. The molecule has 14 heteroatoms. The van der Waals surface area contributed by atoms with Crippen LogP contribution >= 0.6 is 0 Å². The van der Waals surface area contributed by atoms with Crippen molar-refractivity contribution in [3.8, 4) is 0 Å². The van der Waals surface area contributed by atoms with Gasteiger partial charge in [-0.05, 0) is 38.5 Å². The van der Waals surface area contributed by atoms with Gasteiger partial charge in [-0.15, -0.1) is 6.58 Å². The number of aliphatic hydroxyl groups is 2. The first-order chi connectivity index (χ1) is 21.5. The number of allylic oxidation sites excluding steroid dienone is 6. The number of carbonyl (C=O) groups excluding carboxylic acids is 6. The Morgan fingerprint density at radius 2 is 1.53 bits per heavy atom. The maximum atomic E-state index is 13.0. The van der Waals surface area contributed by atoms with Gasteiger partial charge >= 0.3 is 5.97 Å². The van der Waals surface area contributed by atoms with Gasteiger partial charge in [0.25, 0.3) is 11.8 Å². The third-order valence-electron chi connectivity index (χ3n) is 7.21. The van der Waals surface area contributed by atoms with E-state index in [1.54, 1.807) is 18.2 Å². The van der Waals surface area contributed by atoms with E-state index in [1.807, 2.05) is 18.2 Å². The van der Waals surface area contributed by atoms with Crippen molar-refractivity contribution in [2.75, 3.05) is 6.54 Å². The fourth-order valence-electron chi connectivity index (χ4n) is 4.73. The Bertz CT molecular complexity index is 1150. The third kappa shape index (κ3) is 13.5. The van der Waals surface area contributed by atoms with Crippen LogP contribution in [0.4, 0.5) is 0 Å². The van der Waals surface area contributed by atoms with Gasteiger partial charge in [0.15, 0.2) is 18.3 Å². The number of ether oxygens (including phenoxy) is 1. The highest BCUT2D eigenvalue weighted by Crippen LogP contribution is 2.20. The number of unbranched alkanes of at least 4 members (excludes halogenated alkanes) is 5. The molecule has 6 atom stereocenters. The van der Waals surface area contributed by atoms with Gasteiger partial charge in [-0.3, -0.25) is 28.8 Å². The van der Waals surface area contributed by atoms with Crippen molar-refractivity contribution in [3.63, 3.8) is 0 Å². The highest BCUT2D eigenvalue weighted by atomic mass is 16.6. The summed E-state index contributed by atoms with van der Waals surface area (Å²) in [6.45, 7) is 3.13. The van der Waals surface area contributed by atoms with Gasteiger partial charge in [-0.1, -0.05) is 55.4 Å². The van der Waals surface area contributed by atoms with Crippen molar-refractivity contribution in [1.82, 2.24) is 21.3 Å². The highest BCUT2D eigenvalue weighted by molar-refractivity contribution is 5.93. The van der Waals surface area contributed by atoms with Gasteiger partial charge in [-0.25, -0.2) is 0 Å². The zero-order valence-corrected chi connectivity index (χ0v) is 25.3. The second-order valence-corrected chi connectivity index (χ2v) is 10.9. The summed E-state index contributed by atoms with van der Waals surface area (Å²) in [5.41, 5.74) is 5.17. The minimum absolute atomic E-state index is 0.0143. The number of aliphatic hydroxyl groups excluding tert-OH is 2. The standard InChI is InChI=1S/C31H45N5O9/c1-2-3-4-5-6-7-8-9-10-11-12-13-14-15-20-26(40)30(43)36-22-18-25(39)45-28(22)27(41)31(44)35-21(16-17-23(32)37)29(42)33-19-24(38)34-20/h2,9-14,20-22,26-28,40-41H,1,3-8,15-19H2,(H2,32,37)(H,33,42)(H,34,38)(H,35,44)(H,36,43). The Labute approximate surface area is 262 Å². The number of hydrogen-bond donors (Lipinski definition) is 7. The van der Waals surface area contributed by atoms with E-state index >= 15 is 0 Å². The number of rotatable bonds is 14. The first-order valence-electron chi connectivity index (χ1n) is 15.1. The lowest BCUT2D eigenvalue weighted by Crippen LogP contribution is -2.57. The summed E-state index contributed by atoms with van der Waals surface area (Å²) in [5, 5.41) is 31.0. The number of amides is 5. The van der Waals surface area contributed by atoms with Crippen molar-refractivity contribution >= 4 is 35.5 Å². The summed E-state index contributed by atoms with van der Waals surface area (Å²) in [6, 6.07) is -3.71. The Morgan fingerprint density at radius 3 is 2.22 bits per heavy atom. The van der Waals surface area contributed by atoms with Crippen LogP contribution in [0.25, 0.3) is 0 Å². The molecule has 2 aliphatic heterocycles. The predicted octanol–water partition coefficient (Wildman–Crippen LogP) is -0.541. The molecular weight excluding hydrogens is 586 g/mol. The fourth-order valence-corrected chi connectivity index (χ4v) is 4.73. The van der Waals surface area contributed by atoms with Crippen LogP contribution in [-0.4, -0.2) is 88.7 Å². The lowest BCUT2D eigenvalue weighted by molar-refractivity contribution is -0.151. The van der Waals surface area contributed by atoms with Gasteiger partial charge in [0.1, 0.15) is 6.04 Å². The average Bonchev–Trinajstić information content (AvgIpc) is 3.37. The molecule has 248 valence electrons. The molecule has 14 nitrogen and oxygen atoms in total. The zero-order chi connectivity index (χ0) is 33.2. The molecule has 2 heterocycles. The summed E-state index contributed by atoms with van der Waals surface area (Å²) in [4.78, 5) is 74.5. The van der Waals surface area contributed by atoms with Crippen molar-refractivity contribution in [3.05, 3.63) is 49.1 Å². The van der Waals surface area contributed by atoms with Crippen molar-refractivity contribution < 1.29 is 43.7 Å². The summed E-state index contributed by atoms with van der Waals surface area (Å²) in [6.07, 6.45) is 13.1. The maximum Gasteiger partial charge on any atom is 0.308 e. The van der Waals surface area contributed by atoms with E-state index < -0.39 is 84.9 Å². The molecule has 6 unspecified atom stereocenters. The van der Waals surface area contributed by atoms with Crippen LogP contribution in [-0.2, 0) is 33.5 Å². The molecule has 45 heavy (non-hydrogen) atoms. The third-order valence-corrected chi connectivity index (χ3v) is 7.21. The SMILES string of the molecule is C=CCCCCCCC=CC=CC=CCC1NC(=O)CNC(=O)C(CCC(N)=O)NC(=O)C(O)C2OC(=O)CC2NC(=O)C1O. The summed E-state index contributed by atoms with van der Waals surface area (Å²) in [7, 11) is 0. The summed E-state index contributed by atoms with van der Waals surface area (Å²) < 4.78 is 5.06. The molecule has 0 radical (unpaired) electrons. The number of carbonyl (C=O) groups is 6. The normalized spacial score (nSPS) is 26.8. The smallest absolute Gasteiger partial charge is 0.308 e. The first-order valence-corrected chi connectivity index (χ1v) is 15.1. The molecular formula is C31H45N5O9. The Hall–Kier alpha value is -4.30. The van der Waals surface area contributed by atoms with Crippen LogP contribution in [0.3, 0.4) is 0 Å². The Kier molecular flexibility index (Phi) is 16.3. The minimum Gasteiger partial charge on any atom is -0.457 e. The topological polar surface area (TPSA) is 226 Å². The molecule has 2 fully saturated rings. The quantitative estimate of drug-likeness (QED) is 0.0565. The average molecular weight is 632 g/mol. The monoisotopic (exact) mass is 631 g/mol. The molecule has 0 aromatic rings. The molecule has 0 saturated carbocycles. The molecule has 0 spiro atoms. The van der Waals surface area contributed by atoms with Crippen molar-refractivity contribution in [2.24, 2.45) is 5.73 Å². The van der Waals surface area contributed by atoms with Crippen LogP contribution in [0.15, 0.2) is 49.1 Å². The second-order valence-electron chi connectivity index (χ2n) is 10.9. The Balaban J connectivity index is 2.12. The number of esters is 1. The molecule has 0 aromatic heterocycles. The first kappa shape index (κ1) is 36.9. The Morgan fingerprint density at radius 1 is 0.867 bits per heavy atom. The van der Waals surface area contributed by atoms with Crippen LogP contribution in [0.1, 0.15) is 64.2 Å². The van der Waals surface area contributed by atoms with E-state index in [2.05, 4.69) is 33.9 Å². The van der Waals surface area contributed by atoms with Gasteiger partial charge in [0.05, 0.1) is 25.0 Å². The highest BCUT2D eigenvalue weighted by Gasteiger charge is 2.45. The molecule has 2 saturated heterocycles. The largest absolute Gasteiger partial charge is 0.457 e. The molecule has 2 aliphatic rings. The number of primary amides is 1. The molecule has 0 aromatic carbocycles. The number of fused-ring (bicyclic) bond motifs is 1. The van der Waals surface area contributed by atoms with Crippen molar-refractivity contribution in [1.29, 1.82) is 0 Å². The predicted molar refractivity (Wildman–Crippen MR) is 164 cm³/mol. The molecule has 0 aliphatic carbocycles. The van der Waals surface area contributed by atoms with E-state index in [0.717, 1.165) is 32.1 Å². The van der Waals surface area contributed by atoms with E-state index in [1.165, 1.54) is 6.42 Å². The van der Waals surface area contributed by atoms with Crippen LogP contribution < -0.4 is 27.0 Å². The van der Waals surface area contributed by atoms with E-state index in [0.29, 0.717) is 0 Å². The number of nitrogens with two attached hydrogens (primary N) is 1. The summed E-state index contributed by atoms with van der Waals surface area (Å²) >= 11 is 0. The van der Waals surface area contributed by atoms with Gasteiger partial charge in [0, 0.05) is 6.42 Å². The van der Waals surface area contributed by atoms with Gasteiger partial charge in [0.2, 0.25) is 17.7 Å². The zero-order valence-electron chi connectivity index (χ0n) is 25.3. The van der Waals surface area contributed by atoms with Crippen molar-refractivity contribution in [2.45, 2.75) is 101 Å². The molecule has 5 amide bonds. The number of nitrogens with one attached hydrogen (secondary N) is 4. The van der Waals surface area contributed by atoms with E-state index in [9.17, 15) is 39.0 Å². The summed E-state index contributed by atoms with van der Waals surface area (Å²) in [5.74, 6) is -5.25. The van der Waals surface area contributed by atoms with E-state index in [4.69, 9.17) is 10.5 Å². The molecule has 0 bridgehead atoms. The van der Waals surface area contributed by atoms with Gasteiger partial charge < -0.3 is 42.0 Å². The number of hydrogen-bond acceptors (Lipinski definition) is 9. The second kappa shape index (κ2) is 19.9. The molecule has 8 N–H and O–H groups in total. The lowest BCUT2D eigenvalue weighted by Gasteiger charge is -2.26. The molecule has 2 rings (SSSR count). The van der Waals surface area contributed by atoms with Crippen LogP contribution in [0.5, 0.6) is 0 Å². The minimum atomic E-state index is -2.01. The lowest BCUT2D eigenvalue weighted by atomic mass is 10.0. The van der Waals surface area contributed by atoms with Gasteiger partial charge in [-0.2, -0.15) is 0 Å². The van der Waals surface area contributed by atoms with E-state index in [-0.39, 0.29) is 19.3 Å². The maximum absolute atomic E-state index is 13.0. The van der Waals surface area contributed by atoms with Crippen LogP contribution in [0.2, 0.25) is 0 Å².